The summed E-state index contributed by atoms with van der Waals surface area (Å²) in [7, 11) is 2.14. The Bertz CT molecular complexity index is 906. The number of likely N-dealkylation sites (tertiary alicyclic amines) is 1. The van der Waals surface area contributed by atoms with Gasteiger partial charge in [0.2, 0.25) is 0 Å². The average Bonchev–Trinajstić information content (AvgIpc) is 3.06. The molecule has 0 radical (unpaired) electrons. The molecular weight excluding hydrogens is 316 g/mol. The van der Waals surface area contributed by atoms with Gasteiger partial charge in [-0.25, -0.2) is 4.52 Å². The van der Waals surface area contributed by atoms with Gasteiger partial charge in [0.25, 0.3) is 0 Å². The smallest absolute Gasteiger partial charge is 0.187 e. The Morgan fingerprint density at radius 1 is 1.24 bits per heavy atom. The molecule has 0 aliphatic carbocycles. The van der Waals surface area contributed by atoms with Gasteiger partial charge in [0.05, 0.1) is 11.8 Å². The minimum Gasteiger partial charge on any atom is -0.507 e. The van der Waals surface area contributed by atoms with Gasteiger partial charge in [-0.1, -0.05) is 6.07 Å². The fourth-order valence-electron chi connectivity index (χ4n) is 3.42. The summed E-state index contributed by atoms with van der Waals surface area (Å²) in [5, 5.41) is 26.9. The zero-order valence-corrected chi connectivity index (χ0v) is 14.5. The Kier molecular flexibility index (Phi) is 4.01. The third-order valence-corrected chi connectivity index (χ3v) is 4.69. The molecule has 1 aliphatic heterocycles. The normalized spacial score (nSPS) is 18.6. The van der Waals surface area contributed by atoms with Crippen molar-refractivity contribution in [3.05, 3.63) is 36.0 Å². The van der Waals surface area contributed by atoms with Crippen LogP contribution in [0.3, 0.4) is 0 Å². The van der Waals surface area contributed by atoms with Crippen molar-refractivity contribution in [2.75, 3.05) is 25.5 Å². The molecule has 0 spiro atoms. The summed E-state index contributed by atoms with van der Waals surface area (Å²) in [6.07, 6.45) is 4.02. The number of nitrogens with zero attached hydrogens (tertiary/aromatic N) is 5. The molecule has 130 valence electrons. The summed E-state index contributed by atoms with van der Waals surface area (Å²) in [6, 6.07) is 7.77. The van der Waals surface area contributed by atoms with E-state index in [0.29, 0.717) is 17.4 Å². The Hall–Kier alpha value is -2.67. The van der Waals surface area contributed by atoms with Crippen LogP contribution in [0.15, 0.2) is 30.5 Å². The summed E-state index contributed by atoms with van der Waals surface area (Å²) in [4.78, 5) is 2.32. The van der Waals surface area contributed by atoms with E-state index < -0.39 is 0 Å². The number of aryl methyl sites for hydroxylation is 1. The predicted molar refractivity (Wildman–Crippen MR) is 96.8 cm³/mol. The Labute approximate surface area is 146 Å². The van der Waals surface area contributed by atoms with E-state index in [2.05, 4.69) is 32.6 Å². The number of aromatic hydroxyl groups is 1. The van der Waals surface area contributed by atoms with Gasteiger partial charge in [0.1, 0.15) is 11.3 Å². The average molecular weight is 338 g/mol. The quantitative estimate of drug-likeness (QED) is 0.763. The van der Waals surface area contributed by atoms with Crippen molar-refractivity contribution in [1.29, 1.82) is 0 Å². The van der Waals surface area contributed by atoms with Crippen molar-refractivity contribution in [3.63, 3.8) is 0 Å². The highest BCUT2D eigenvalue weighted by atomic mass is 16.3. The minimum atomic E-state index is 0.181. The highest BCUT2D eigenvalue weighted by molar-refractivity contribution is 5.73. The second-order valence-corrected chi connectivity index (χ2v) is 6.77. The maximum Gasteiger partial charge on any atom is 0.187 e. The SMILES string of the molecule is Cc1ccc(-c2nnc(N[C@@H]3CCCN(C)C3)c3ccnn23)c(O)c1. The molecule has 0 unspecified atom stereocenters. The summed E-state index contributed by atoms with van der Waals surface area (Å²) in [5.41, 5.74) is 2.47. The summed E-state index contributed by atoms with van der Waals surface area (Å²) in [5.74, 6) is 1.44. The van der Waals surface area contributed by atoms with Gasteiger partial charge in [0, 0.05) is 12.6 Å². The lowest BCUT2D eigenvalue weighted by molar-refractivity contribution is 0.260. The molecule has 3 heterocycles. The molecule has 7 nitrogen and oxygen atoms in total. The molecule has 0 bridgehead atoms. The van der Waals surface area contributed by atoms with Crippen molar-refractivity contribution in [2.45, 2.75) is 25.8 Å². The van der Waals surface area contributed by atoms with Crippen molar-refractivity contribution in [3.8, 4) is 17.1 Å². The number of phenols is 1. The number of piperidine rings is 1. The van der Waals surface area contributed by atoms with Crippen LogP contribution >= 0.6 is 0 Å². The maximum absolute atomic E-state index is 10.3. The molecule has 1 aliphatic rings. The zero-order chi connectivity index (χ0) is 17.4. The van der Waals surface area contributed by atoms with Crippen molar-refractivity contribution >= 4 is 11.3 Å². The number of anilines is 1. The zero-order valence-electron chi connectivity index (χ0n) is 14.5. The first kappa shape index (κ1) is 15.8. The molecule has 2 aromatic heterocycles. The first-order valence-electron chi connectivity index (χ1n) is 8.57. The molecular formula is C18H22N6O. The van der Waals surface area contributed by atoms with E-state index in [4.69, 9.17) is 0 Å². The van der Waals surface area contributed by atoms with Gasteiger partial charge in [-0.3, -0.25) is 0 Å². The highest BCUT2D eigenvalue weighted by Gasteiger charge is 2.20. The Morgan fingerprint density at radius 2 is 2.12 bits per heavy atom. The molecule has 1 fully saturated rings. The predicted octanol–water partition coefficient (Wildman–Crippen LogP) is 2.31. The topological polar surface area (TPSA) is 78.6 Å². The van der Waals surface area contributed by atoms with E-state index in [9.17, 15) is 5.11 Å². The molecule has 25 heavy (non-hydrogen) atoms. The number of likely N-dealkylation sites (N-methyl/N-ethyl adjacent to an activating group) is 1. The summed E-state index contributed by atoms with van der Waals surface area (Å²) >= 11 is 0. The Balaban J connectivity index is 1.71. The molecule has 0 amide bonds. The molecule has 0 saturated carbocycles. The molecule has 2 N–H and O–H groups in total. The van der Waals surface area contributed by atoms with Crippen LogP contribution in [0.5, 0.6) is 5.75 Å². The van der Waals surface area contributed by atoms with Crippen molar-refractivity contribution < 1.29 is 5.11 Å². The van der Waals surface area contributed by atoms with E-state index in [1.807, 2.05) is 25.1 Å². The fraction of sp³-hybridized carbons (Fsp3) is 0.389. The number of rotatable bonds is 3. The van der Waals surface area contributed by atoms with Crippen LogP contribution in [-0.4, -0.2) is 56.0 Å². The molecule has 4 rings (SSSR count). The monoisotopic (exact) mass is 338 g/mol. The second-order valence-electron chi connectivity index (χ2n) is 6.77. The number of aromatic nitrogens is 4. The van der Waals surface area contributed by atoms with Crippen LogP contribution in [0.1, 0.15) is 18.4 Å². The summed E-state index contributed by atoms with van der Waals surface area (Å²) in [6.45, 7) is 4.06. The third kappa shape index (κ3) is 3.02. The molecule has 1 aromatic carbocycles. The lowest BCUT2D eigenvalue weighted by Gasteiger charge is -2.30. The van der Waals surface area contributed by atoms with Crippen molar-refractivity contribution in [2.24, 2.45) is 0 Å². The van der Waals surface area contributed by atoms with Gasteiger partial charge >= 0.3 is 0 Å². The van der Waals surface area contributed by atoms with E-state index in [0.717, 1.165) is 36.4 Å². The number of phenolic OH excluding ortho intramolecular Hbond substituents is 1. The van der Waals surface area contributed by atoms with Crippen molar-refractivity contribution in [1.82, 2.24) is 24.7 Å². The largest absolute Gasteiger partial charge is 0.507 e. The van der Waals surface area contributed by atoms with Crippen LogP contribution in [0.4, 0.5) is 5.82 Å². The minimum absolute atomic E-state index is 0.181. The lowest BCUT2D eigenvalue weighted by atomic mass is 10.1. The van der Waals surface area contributed by atoms with E-state index in [-0.39, 0.29) is 5.75 Å². The molecule has 1 atom stereocenters. The molecule has 1 saturated heterocycles. The van der Waals surface area contributed by atoms with Crippen LogP contribution in [-0.2, 0) is 0 Å². The van der Waals surface area contributed by atoms with Crippen LogP contribution < -0.4 is 5.32 Å². The number of nitrogens with one attached hydrogen (secondary N) is 1. The van der Waals surface area contributed by atoms with Gasteiger partial charge in [0.15, 0.2) is 11.6 Å². The third-order valence-electron chi connectivity index (χ3n) is 4.69. The number of fused-ring (bicyclic) bond motifs is 1. The van der Waals surface area contributed by atoms with Gasteiger partial charge in [-0.05, 0) is 57.1 Å². The highest BCUT2D eigenvalue weighted by Crippen LogP contribution is 2.29. The van der Waals surface area contributed by atoms with Gasteiger partial charge < -0.3 is 15.3 Å². The number of hydrogen-bond acceptors (Lipinski definition) is 6. The van der Waals surface area contributed by atoms with Crippen LogP contribution in [0.2, 0.25) is 0 Å². The number of benzene rings is 1. The fourth-order valence-corrected chi connectivity index (χ4v) is 3.42. The van der Waals surface area contributed by atoms with E-state index in [1.165, 1.54) is 6.42 Å². The maximum atomic E-state index is 10.3. The van der Waals surface area contributed by atoms with Crippen LogP contribution in [0.25, 0.3) is 16.9 Å². The second kappa shape index (κ2) is 6.33. The van der Waals surface area contributed by atoms with Gasteiger partial charge in [-0.15, -0.1) is 10.2 Å². The first-order chi connectivity index (χ1) is 12.1. The molecule has 7 heteroatoms. The van der Waals surface area contributed by atoms with E-state index in [1.54, 1.807) is 16.8 Å². The van der Waals surface area contributed by atoms with Gasteiger partial charge in [-0.2, -0.15) is 5.10 Å². The Morgan fingerprint density at radius 3 is 2.92 bits per heavy atom. The van der Waals surface area contributed by atoms with E-state index >= 15 is 0 Å². The number of hydrogen-bond donors (Lipinski definition) is 2. The lowest BCUT2D eigenvalue weighted by Crippen LogP contribution is -2.40. The van der Waals surface area contributed by atoms with Crippen LogP contribution in [0, 0.1) is 6.92 Å². The standard InChI is InChI=1S/C18H22N6O/c1-12-5-6-14(16(25)10-12)18-22-21-17(15-7-8-19-24(15)18)20-13-4-3-9-23(2)11-13/h5-8,10,13,25H,3-4,9,11H2,1-2H3,(H,20,21)/t13-/m1/s1. The summed E-state index contributed by atoms with van der Waals surface area (Å²) < 4.78 is 1.73. The molecule has 3 aromatic rings. The first-order valence-corrected chi connectivity index (χ1v) is 8.57.